The normalized spacial score (nSPS) is 33.9. The van der Waals surface area contributed by atoms with Gasteiger partial charge < -0.3 is 15.5 Å². The van der Waals surface area contributed by atoms with E-state index in [-0.39, 0.29) is 23.9 Å². The van der Waals surface area contributed by atoms with Gasteiger partial charge in [0.25, 0.3) is 0 Å². The number of para-hydroxylation sites is 1. The molecule has 1 atom stereocenters. The molecule has 1 aliphatic heterocycles. The first kappa shape index (κ1) is 19.9. The van der Waals surface area contributed by atoms with Crippen LogP contribution in [0, 0.1) is 29.1 Å². The van der Waals surface area contributed by atoms with E-state index in [1.54, 1.807) is 0 Å². The number of urea groups is 1. The maximum absolute atomic E-state index is 13.0. The Balaban J connectivity index is 1.12. The molecule has 5 fully saturated rings. The standard InChI is InChI=1S/C25H35N3O2/c1-17(25-14-18-11-19(15-25)13-20(12-18)16-25)26-23(29)21-7-9-28(10-8-21)24(30)27-22-5-3-2-4-6-22/h2-6,17-21H,7-16H2,1H3,(H,26,29)(H,27,30)/t17-,18?,19?,20?,25?/m1/s1. The summed E-state index contributed by atoms with van der Waals surface area (Å²) >= 11 is 0. The van der Waals surface area contributed by atoms with Gasteiger partial charge >= 0.3 is 6.03 Å². The average Bonchev–Trinajstić information content (AvgIpc) is 2.73. The van der Waals surface area contributed by atoms with Crippen LogP contribution in [0.2, 0.25) is 0 Å². The number of likely N-dealkylation sites (tertiary alicyclic amines) is 1. The summed E-state index contributed by atoms with van der Waals surface area (Å²) in [6, 6.07) is 9.76. The summed E-state index contributed by atoms with van der Waals surface area (Å²) in [5.41, 5.74) is 1.16. The molecule has 4 saturated carbocycles. The van der Waals surface area contributed by atoms with E-state index in [1.165, 1.54) is 38.5 Å². The lowest BCUT2D eigenvalue weighted by Crippen LogP contribution is -2.57. The monoisotopic (exact) mass is 409 g/mol. The molecule has 0 aromatic heterocycles. The zero-order chi connectivity index (χ0) is 20.7. The third kappa shape index (κ3) is 3.83. The second-order valence-corrected chi connectivity index (χ2v) is 10.6. The molecule has 0 unspecified atom stereocenters. The molecule has 162 valence electrons. The Labute approximate surface area is 180 Å². The van der Waals surface area contributed by atoms with Crippen molar-refractivity contribution in [2.24, 2.45) is 29.1 Å². The van der Waals surface area contributed by atoms with Crippen LogP contribution in [0.15, 0.2) is 30.3 Å². The van der Waals surface area contributed by atoms with E-state index in [4.69, 9.17) is 0 Å². The average molecular weight is 410 g/mol. The lowest BCUT2D eigenvalue weighted by Gasteiger charge is -2.59. The minimum atomic E-state index is -0.0676. The molecule has 4 aliphatic carbocycles. The molecule has 5 heteroatoms. The van der Waals surface area contributed by atoms with Crippen LogP contribution in [0.4, 0.5) is 10.5 Å². The maximum Gasteiger partial charge on any atom is 0.321 e. The van der Waals surface area contributed by atoms with Crippen LogP contribution in [-0.4, -0.2) is 36.0 Å². The number of hydrogen-bond donors (Lipinski definition) is 2. The van der Waals surface area contributed by atoms with Crippen LogP contribution in [0.1, 0.15) is 58.3 Å². The Morgan fingerprint density at radius 1 is 0.967 bits per heavy atom. The van der Waals surface area contributed by atoms with Gasteiger partial charge in [-0.05, 0) is 93.6 Å². The first-order valence-corrected chi connectivity index (χ1v) is 11.9. The Bertz CT molecular complexity index is 750. The molecular weight excluding hydrogens is 374 g/mol. The van der Waals surface area contributed by atoms with E-state index in [2.05, 4.69) is 17.6 Å². The highest BCUT2D eigenvalue weighted by atomic mass is 16.2. The number of rotatable bonds is 4. The lowest BCUT2D eigenvalue weighted by atomic mass is 9.48. The summed E-state index contributed by atoms with van der Waals surface area (Å²) < 4.78 is 0. The van der Waals surface area contributed by atoms with Gasteiger partial charge in [-0.1, -0.05) is 18.2 Å². The molecule has 4 bridgehead atoms. The molecular formula is C25H35N3O2. The maximum atomic E-state index is 13.0. The molecule has 1 aromatic rings. The van der Waals surface area contributed by atoms with Crippen molar-refractivity contribution >= 4 is 17.6 Å². The van der Waals surface area contributed by atoms with Crippen LogP contribution in [0.5, 0.6) is 0 Å². The molecule has 5 aliphatic rings. The second-order valence-electron chi connectivity index (χ2n) is 10.6. The fraction of sp³-hybridized carbons (Fsp3) is 0.680. The fourth-order valence-electron chi connectivity index (χ4n) is 7.26. The summed E-state index contributed by atoms with van der Waals surface area (Å²) in [7, 11) is 0. The minimum Gasteiger partial charge on any atom is -0.353 e. The van der Waals surface area contributed by atoms with Gasteiger partial charge in [-0.25, -0.2) is 4.79 Å². The van der Waals surface area contributed by atoms with Gasteiger partial charge in [-0.2, -0.15) is 0 Å². The highest BCUT2D eigenvalue weighted by molar-refractivity contribution is 5.89. The van der Waals surface area contributed by atoms with Crippen molar-refractivity contribution in [2.45, 2.75) is 64.3 Å². The van der Waals surface area contributed by atoms with Gasteiger partial charge in [0.05, 0.1) is 0 Å². The van der Waals surface area contributed by atoms with E-state index in [9.17, 15) is 9.59 Å². The summed E-state index contributed by atoms with van der Waals surface area (Å²) in [5.74, 6) is 2.95. The van der Waals surface area contributed by atoms with E-state index in [0.29, 0.717) is 18.5 Å². The third-order valence-corrected chi connectivity index (χ3v) is 8.54. The molecule has 1 heterocycles. The van der Waals surface area contributed by atoms with E-state index < -0.39 is 0 Å². The Hall–Kier alpha value is -2.04. The number of amides is 3. The third-order valence-electron chi connectivity index (χ3n) is 8.54. The molecule has 1 aromatic carbocycles. The number of piperidine rings is 1. The SMILES string of the molecule is C[C@@H](NC(=O)C1CCN(C(=O)Nc2ccccc2)CC1)C12CC3CC(CC(C3)C1)C2. The largest absolute Gasteiger partial charge is 0.353 e. The first-order valence-electron chi connectivity index (χ1n) is 11.9. The van der Waals surface area contributed by atoms with Crippen molar-refractivity contribution in [1.82, 2.24) is 10.2 Å². The number of hydrogen-bond acceptors (Lipinski definition) is 2. The van der Waals surface area contributed by atoms with Crippen molar-refractivity contribution in [3.63, 3.8) is 0 Å². The predicted molar refractivity (Wildman–Crippen MR) is 118 cm³/mol. The number of benzene rings is 1. The minimum absolute atomic E-state index is 0.0298. The summed E-state index contributed by atoms with van der Waals surface area (Å²) in [6.45, 7) is 3.54. The van der Waals surface area contributed by atoms with Crippen molar-refractivity contribution in [3.8, 4) is 0 Å². The second kappa shape index (κ2) is 7.90. The molecule has 5 nitrogen and oxygen atoms in total. The molecule has 0 spiro atoms. The highest BCUT2D eigenvalue weighted by Gasteiger charge is 2.53. The van der Waals surface area contributed by atoms with Gasteiger partial charge in [-0.15, -0.1) is 0 Å². The van der Waals surface area contributed by atoms with Crippen LogP contribution in [-0.2, 0) is 4.79 Å². The number of carbonyl (C=O) groups excluding carboxylic acids is 2. The van der Waals surface area contributed by atoms with Crippen LogP contribution >= 0.6 is 0 Å². The Kier molecular flexibility index (Phi) is 5.24. The van der Waals surface area contributed by atoms with Gasteiger partial charge in [0.15, 0.2) is 0 Å². The van der Waals surface area contributed by atoms with Crippen LogP contribution in [0.3, 0.4) is 0 Å². The van der Waals surface area contributed by atoms with Gasteiger partial charge in [0, 0.05) is 30.7 Å². The number of nitrogens with zero attached hydrogens (tertiary/aromatic N) is 1. The van der Waals surface area contributed by atoms with Gasteiger partial charge in [0.2, 0.25) is 5.91 Å². The van der Waals surface area contributed by atoms with E-state index in [0.717, 1.165) is 36.3 Å². The quantitative estimate of drug-likeness (QED) is 0.760. The van der Waals surface area contributed by atoms with E-state index in [1.807, 2.05) is 35.2 Å². The Morgan fingerprint density at radius 3 is 2.10 bits per heavy atom. The summed E-state index contributed by atoms with van der Waals surface area (Å²) in [4.78, 5) is 27.4. The summed E-state index contributed by atoms with van der Waals surface area (Å²) in [5, 5.41) is 6.38. The molecule has 30 heavy (non-hydrogen) atoms. The van der Waals surface area contributed by atoms with Crippen molar-refractivity contribution < 1.29 is 9.59 Å². The number of anilines is 1. The molecule has 6 rings (SSSR count). The number of carbonyl (C=O) groups is 2. The van der Waals surface area contributed by atoms with E-state index >= 15 is 0 Å². The number of nitrogens with one attached hydrogen (secondary N) is 2. The zero-order valence-electron chi connectivity index (χ0n) is 18.1. The first-order chi connectivity index (χ1) is 14.5. The molecule has 1 saturated heterocycles. The molecule has 3 amide bonds. The lowest BCUT2D eigenvalue weighted by molar-refractivity contribution is -0.130. The smallest absolute Gasteiger partial charge is 0.321 e. The van der Waals surface area contributed by atoms with Gasteiger partial charge in [-0.3, -0.25) is 4.79 Å². The Morgan fingerprint density at radius 2 is 1.53 bits per heavy atom. The summed E-state index contributed by atoms with van der Waals surface area (Å²) in [6.07, 6.45) is 9.76. The van der Waals surface area contributed by atoms with Crippen molar-refractivity contribution in [3.05, 3.63) is 30.3 Å². The predicted octanol–water partition coefficient (Wildman–Crippen LogP) is 4.65. The fourth-order valence-corrected chi connectivity index (χ4v) is 7.26. The molecule has 0 radical (unpaired) electrons. The molecule has 2 N–H and O–H groups in total. The van der Waals surface area contributed by atoms with Crippen molar-refractivity contribution in [1.29, 1.82) is 0 Å². The van der Waals surface area contributed by atoms with Crippen molar-refractivity contribution in [2.75, 3.05) is 18.4 Å². The zero-order valence-corrected chi connectivity index (χ0v) is 18.1. The van der Waals surface area contributed by atoms with Crippen LogP contribution < -0.4 is 10.6 Å². The highest BCUT2D eigenvalue weighted by Crippen LogP contribution is 2.61. The van der Waals surface area contributed by atoms with Crippen LogP contribution in [0.25, 0.3) is 0 Å². The topological polar surface area (TPSA) is 61.4 Å². The van der Waals surface area contributed by atoms with Gasteiger partial charge in [0.1, 0.15) is 0 Å².